The number of ether oxygens (including phenoxy) is 3. The topological polar surface area (TPSA) is 147 Å². The molecule has 32 heavy (non-hydrogen) atoms. The third kappa shape index (κ3) is 4.04. The van der Waals surface area contributed by atoms with Crippen molar-refractivity contribution in [3.05, 3.63) is 54.4 Å². The lowest BCUT2D eigenvalue weighted by Crippen LogP contribution is -2.69. The van der Waals surface area contributed by atoms with Crippen LogP contribution in [0.2, 0.25) is 0 Å². The molecule has 4 rings (SSSR count). The molecule has 2 heterocycles. The molecular weight excluding hydrogens is 420 g/mol. The maximum absolute atomic E-state index is 10.9. The average Bonchev–Trinajstić information content (AvgIpc) is 3.23. The maximum atomic E-state index is 10.9. The molecule has 172 valence electrons. The van der Waals surface area contributed by atoms with Crippen molar-refractivity contribution in [2.75, 3.05) is 13.7 Å². The minimum absolute atomic E-state index is 0.133. The van der Waals surface area contributed by atoms with Gasteiger partial charge in [-0.1, -0.05) is 18.2 Å². The molecule has 1 saturated heterocycles. The molecule has 1 fully saturated rings. The molecule has 1 aliphatic heterocycles. The summed E-state index contributed by atoms with van der Waals surface area (Å²) in [5.41, 5.74) is 2.19. The summed E-state index contributed by atoms with van der Waals surface area (Å²) in [7, 11) is 1.61. The van der Waals surface area contributed by atoms with Gasteiger partial charge >= 0.3 is 0 Å². The summed E-state index contributed by atoms with van der Waals surface area (Å²) >= 11 is 0. The monoisotopic (exact) mass is 446 g/mol. The summed E-state index contributed by atoms with van der Waals surface area (Å²) in [4.78, 5) is 4.36. The van der Waals surface area contributed by atoms with Crippen LogP contribution >= 0.6 is 0 Å². The Kier molecular flexibility index (Phi) is 6.33. The molecule has 5 N–H and O–H groups in total. The normalized spacial score (nSPS) is 28.1. The van der Waals surface area contributed by atoms with Crippen molar-refractivity contribution in [1.82, 2.24) is 9.55 Å². The number of imidazole rings is 1. The van der Waals surface area contributed by atoms with Gasteiger partial charge < -0.3 is 44.3 Å². The van der Waals surface area contributed by atoms with E-state index >= 15 is 0 Å². The number of aliphatic hydroxyl groups is 5. The quantitative estimate of drug-likeness (QED) is 0.311. The predicted molar refractivity (Wildman–Crippen MR) is 112 cm³/mol. The molecule has 3 aromatic rings. The van der Waals surface area contributed by atoms with Gasteiger partial charge in [0.1, 0.15) is 29.2 Å². The number of methoxy groups -OCH3 is 1. The molecule has 0 saturated carbocycles. The van der Waals surface area contributed by atoms with Crippen LogP contribution < -0.4 is 9.47 Å². The number of fused-ring (bicyclic) bond motifs is 1. The van der Waals surface area contributed by atoms with Crippen molar-refractivity contribution in [2.24, 2.45) is 0 Å². The number of hydrogen-bond donors (Lipinski definition) is 5. The van der Waals surface area contributed by atoms with Crippen molar-refractivity contribution in [3.63, 3.8) is 0 Å². The molecule has 0 amide bonds. The molecule has 1 aromatic heterocycles. The number of para-hydroxylation sites is 1. The highest BCUT2D eigenvalue weighted by molar-refractivity contribution is 5.82. The van der Waals surface area contributed by atoms with Crippen LogP contribution in [-0.2, 0) is 17.7 Å². The van der Waals surface area contributed by atoms with Gasteiger partial charge in [-0.3, -0.25) is 0 Å². The minimum atomic E-state index is -2.66. The zero-order valence-corrected chi connectivity index (χ0v) is 17.4. The first-order chi connectivity index (χ1) is 15.4. The van der Waals surface area contributed by atoms with E-state index in [1.807, 2.05) is 28.8 Å². The van der Waals surface area contributed by atoms with E-state index in [4.69, 9.17) is 14.2 Å². The molecule has 0 spiro atoms. The van der Waals surface area contributed by atoms with Crippen LogP contribution in [-0.4, -0.2) is 79.2 Å². The standard InChI is InChI=1S/C22H26N2O8/c1-30-14-7-5-13(6-8-14)9-10-24-12-23-15-3-2-4-16(18(15)24)32-22(29)20(27)19(26)17(11-25)31-21(22)28/h2-8,12,17,19-21,25-29H,9-11H2,1H3/t17-,19-,20+,21-,22+/m1/s1. The van der Waals surface area contributed by atoms with Gasteiger partial charge in [0.2, 0.25) is 6.29 Å². The SMILES string of the molecule is COc1ccc(CCn2cnc3cccc(O[C@]4(O)[C@H](O)O[C@H](CO)[C@@H](O)[C@@H]4O)c32)cc1. The molecule has 0 aliphatic carbocycles. The van der Waals surface area contributed by atoms with E-state index in [1.165, 1.54) is 0 Å². The van der Waals surface area contributed by atoms with Crippen LogP contribution in [0.15, 0.2) is 48.8 Å². The van der Waals surface area contributed by atoms with Crippen LogP contribution in [0.5, 0.6) is 11.5 Å². The number of benzene rings is 2. The van der Waals surface area contributed by atoms with E-state index in [2.05, 4.69) is 4.98 Å². The lowest BCUT2D eigenvalue weighted by molar-refractivity contribution is -0.385. The number of aromatic nitrogens is 2. The summed E-state index contributed by atoms with van der Waals surface area (Å²) in [5, 5.41) is 50.9. The average molecular weight is 446 g/mol. The van der Waals surface area contributed by atoms with E-state index in [-0.39, 0.29) is 5.75 Å². The fourth-order valence-corrected chi connectivity index (χ4v) is 3.76. The summed E-state index contributed by atoms with van der Waals surface area (Å²) in [6, 6.07) is 12.6. The van der Waals surface area contributed by atoms with Crippen LogP contribution in [0, 0.1) is 0 Å². The fraction of sp³-hybridized carbons (Fsp3) is 0.409. The van der Waals surface area contributed by atoms with Crippen LogP contribution in [0.4, 0.5) is 0 Å². The van der Waals surface area contributed by atoms with Crippen molar-refractivity contribution in [3.8, 4) is 11.5 Å². The van der Waals surface area contributed by atoms with Crippen molar-refractivity contribution < 1.29 is 39.7 Å². The Balaban J connectivity index is 1.60. The highest BCUT2D eigenvalue weighted by Gasteiger charge is 2.57. The highest BCUT2D eigenvalue weighted by atomic mass is 16.7. The Morgan fingerprint density at radius 1 is 1.12 bits per heavy atom. The molecule has 0 radical (unpaired) electrons. The second-order valence-electron chi connectivity index (χ2n) is 7.66. The smallest absolute Gasteiger partial charge is 0.288 e. The lowest BCUT2D eigenvalue weighted by atomic mass is 9.96. The molecule has 5 atom stereocenters. The largest absolute Gasteiger partial charge is 0.497 e. The first-order valence-electron chi connectivity index (χ1n) is 10.2. The summed E-state index contributed by atoms with van der Waals surface area (Å²) in [6.07, 6.45) is -4.58. The third-order valence-electron chi connectivity index (χ3n) is 5.64. The van der Waals surface area contributed by atoms with Gasteiger partial charge in [-0.15, -0.1) is 0 Å². The van der Waals surface area contributed by atoms with E-state index in [1.54, 1.807) is 31.6 Å². The van der Waals surface area contributed by atoms with E-state index in [0.717, 1.165) is 11.3 Å². The number of aryl methyl sites for hydroxylation is 2. The summed E-state index contributed by atoms with van der Waals surface area (Å²) in [5.74, 6) is -1.76. The Morgan fingerprint density at radius 3 is 2.56 bits per heavy atom. The highest BCUT2D eigenvalue weighted by Crippen LogP contribution is 2.35. The summed E-state index contributed by atoms with van der Waals surface area (Å²) in [6.45, 7) is -0.114. The van der Waals surface area contributed by atoms with Crippen LogP contribution in [0.1, 0.15) is 5.56 Å². The van der Waals surface area contributed by atoms with Gasteiger partial charge in [-0.05, 0) is 36.2 Å². The molecule has 1 aliphatic rings. The number of nitrogens with zero attached hydrogens (tertiary/aromatic N) is 2. The Hall–Kier alpha value is -2.73. The second kappa shape index (κ2) is 9.02. The van der Waals surface area contributed by atoms with Gasteiger partial charge in [0.05, 0.1) is 25.6 Å². The first-order valence-corrected chi connectivity index (χ1v) is 10.2. The molecular formula is C22H26N2O8. The van der Waals surface area contributed by atoms with Gasteiger partial charge in [-0.2, -0.15) is 0 Å². The number of hydrogen-bond acceptors (Lipinski definition) is 9. The predicted octanol–water partition coefficient (Wildman–Crippen LogP) is -0.214. The van der Waals surface area contributed by atoms with E-state index in [9.17, 15) is 25.5 Å². The van der Waals surface area contributed by atoms with Gasteiger partial charge in [0, 0.05) is 6.54 Å². The van der Waals surface area contributed by atoms with E-state index < -0.39 is 37.0 Å². The van der Waals surface area contributed by atoms with Crippen molar-refractivity contribution in [1.29, 1.82) is 0 Å². The minimum Gasteiger partial charge on any atom is -0.497 e. The van der Waals surface area contributed by atoms with Crippen molar-refractivity contribution in [2.45, 2.75) is 43.4 Å². The van der Waals surface area contributed by atoms with E-state index in [0.29, 0.717) is 24.0 Å². The van der Waals surface area contributed by atoms with Crippen LogP contribution in [0.25, 0.3) is 11.0 Å². The zero-order chi connectivity index (χ0) is 22.9. The molecule has 10 heteroatoms. The molecule has 0 bridgehead atoms. The lowest BCUT2D eigenvalue weighted by Gasteiger charge is -2.45. The van der Waals surface area contributed by atoms with Crippen molar-refractivity contribution >= 4 is 11.0 Å². The van der Waals surface area contributed by atoms with Gasteiger partial charge in [0.15, 0.2) is 6.10 Å². The van der Waals surface area contributed by atoms with Gasteiger partial charge in [0.25, 0.3) is 5.79 Å². The Bertz CT molecular complexity index is 1060. The number of aliphatic hydroxyl groups excluding tert-OH is 4. The summed E-state index contributed by atoms with van der Waals surface area (Å²) < 4.78 is 17.7. The third-order valence-corrected chi connectivity index (χ3v) is 5.64. The Labute approximate surface area is 183 Å². The first kappa shape index (κ1) is 22.5. The molecule has 10 nitrogen and oxygen atoms in total. The maximum Gasteiger partial charge on any atom is 0.288 e. The second-order valence-corrected chi connectivity index (χ2v) is 7.66. The number of rotatable bonds is 7. The van der Waals surface area contributed by atoms with Gasteiger partial charge in [-0.25, -0.2) is 4.98 Å². The fourth-order valence-electron chi connectivity index (χ4n) is 3.76. The molecule has 2 aromatic carbocycles. The molecule has 0 unspecified atom stereocenters. The Morgan fingerprint density at radius 2 is 1.88 bits per heavy atom. The van der Waals surface area contributed by atoms with Crippen LogP contribution in [0.3, 0.4) is 0 Å². The zero-order valence-electron chi connectivity index (χ0n) is 17.4.